The number of benzene rings is 2. The van der Waals surface area contributed by atoms with Gasteiger partial charge >= 0.3 is 0 Å². The van der Waals surface area contributed by atoms with Gasteiger partial charge in [-0.25, -0.2) is 12.8 Å². The van der Waals surface area contributed by atoms with E-state index in [0.29, 0.717) is 14.9 Å². The van der Waals surface area contributed by atoms with Gasteiger partial charge in [-0.3, -0.25) is 13.9 Å². The van der Waals surface area contributed by atoms with E-state index in [2.05, 4.69) is 5.32 Å². The van der Waals surface area contributed by atoms with Crippen LogP contribution in [0.4, 0.5) is 10.1 Å². The first-order valence-corrected chi connectivity index (χ1v) is 11.7. The second-order valence-corrected chi connectivity index (χ2v) is 9.50. The first-order chi connectivity index (χ1) is 14.5. The minimum Gasteiger partial charge on any atom is -0.357 e. The van der Waals surface area contributed by atoms with Gasteiger partial charge in [0.1, 0.15) is 18.4 Å². The number of likely N-dealkylation sites (N-methyl/N-ethyl adjacent to an activating group) is 1. The molecule has 1 unspecified atom stereocenters. The Labute approximate surface area is 190 Å². The van der Waals surface area contributed by atoms with Crippen molar-refractivity contribution in [2.45, 2.75) is 19.5 Å². The molecule has 0 radical (unpaired) electrons. The largest absolute Gasteiger partial charge is 0.357 e. The number of nitrogens with zero attached hydrogens (tertiary/aromatic N) is 2. The highest BCUT2D eigenvalue weighted by Crippen LogP contribution is 2.25. The Morgan fingerprint density at radius 1 is 1.13 bits per heavy atom. The van der Waals surface area contributed by atoms with Crippen molar-refractivity contribution in [2.75, 3.05) is 24.2 Å². The molecule has 0 aliphatic heterocycles. The summed E-state index contributed by atoms with van der Waals surface area (Å²) in [5.41, 5.74) is 0.315. The summed E-state index contributed by atoms with van der Waals surface area (Å²) in [5.74, 6) is -1.95. The summed E-state index contributed by atoms with van der Waals surface area (Å²) in [7, 11) is -2.58. The summed E-state index contributed by atoms with van der Waals surface area (Å²) >= 11 is 12.0. The summed E-state index contributed by atoms with van der Waals surface area (Å²) in [4.78, 5) is 26.6. The average molecular weight is 490 g/mol. The highest BCUT2D eigenvalue weighted by atomic mass is 35.5. The molecule has 2 aromatic rings. The molecule has 0 aliphatic rings. The van der Waals surface area contributed by atoms with Crippen LogP contribution in [0.1, 0.15) is 12.5 Å². The van der Waals surface area contributed by atoms with E-state index < -0.39 is 40.2 Å². The number of halogens is 3. The normalized spacial score (nSPS) is 12.2. The van der Waals surface area contributed by atoms with Gasteiger partial charge in [0.15, 0.2) is 0 Å². The van der Waals surface area contributed by atoms with Gasteiger partial charge in [-0.1, -0.05) is 41.4 Å². The predicted octanol–water partition coefficient (Wildman–Crippen LogP) is 3.06. The van der Waals surface area contributed by atoms with E-state index >= 15 is 0 Å². The molecular weight excluding hydrogens is 468 g/mol. The number of anilines is 1. The molecule has 0 aliphatic carbocycles. The number of rotatable bonds is 8. The second-order valence-electron chi connectivity index (χ2n) is 6.78. The first kappa shape index (κ1) is 24.9. The van der Waals surface area contributed by atoms with E-state index in [-0.39, 0.29) is 17.3 Å². The van der Waals surface area contributed by atoms with Gasteiger partial charge in [-0.05, 0) is 36.8 Å². The van der Waals surface area contributed by atoms with Crippen molar-refractivity contribution >= 4 is 50.7 Å². The van der Waals surface area contributed by atoms with Crippen LogP contribution in [-0.4, -0.2) is 51.0 Å². The Morgan fingerprint density at radius 2 is 1.77 bits per heavy atom. The highest BCUT2D eigenvalue weighted by molar-refractivity contribution is 7.92. The molecule has 0 saturated heterocycles. The molecule has 1 N–H and O–H groups in total. The molecule has 0 heterocycles. The first-order valence-electron chi connectivity index (χ1n) is 9.13. The van der Waals surface area contributed by atoms with Crippen LogP contribution in [0.2, 0.25) is 10.0 Å². The van der Waals surface area contributed by atoms with Crippen LogP contribution in [-0.2, 0) is 26.2 Å². The smallest absolute Gasteiger partial charge is 0.244 e. The molecule has 11 heteroatoms. The average Bonchev–Trinajstić information content (AvgIpc) is 2.71. The Hall–Kier alpha value is -2.36. The van der Waals surface area contributed by atoms with Crippen molar-refractivity contribution in [2.24, 2.45) is 0 Å². The van der Waals surface area contributed by atoms with E-state index in [1.165, 1.54) is 37.1 Å². The molecule has 7 nitrogen and oxygen atoms in total. The zero-order valence-corrected chi connectivity index (χ0v) is 19.4. The third-order valence-corrected chi connectivity index (χ3v) is 6.42. The second kappa shape index (κ2) is 10.3. The summed E-state index contributed by atoms with van der Waals surface area (Å²) in [6, 6.07) is 9.02. The van der Waals surface area contributed by atoms with Gasteiger partial charge < -0.3 is 10.2 Å². The number of hydrogen-bond donors (Lipinski definition) is 1. The Bertz CT molecular complexity index is 1080. The van der Waals surface area contributed by atoms with Gasteiger partial charge in [-0.15, -0.1) is 0 Å². The molecule has 0 saturated carbocycles. The van der Waals surface area contributed by atoms with Crippen molar-refractivity contribution in [3.05, 3.63) is 63.9 Å². The SMILES string of the molecule is CNC(=O)C(C)N(Cc1ccc(Cl)c(Cl)c1)C(=O)CN(c1ccccc1F)S(C)(=O)=O. The monoisotopic (exact) mass is 489 g/mol. The quantitative estimate of drug-likeness (QED) is 0.617. The zero-order chi connectivity index (χ0) is 23.3. The molecule has 31 heavy (non-hydrogen) atoms. The van der Waals surface area contributed by atoms with Crippen molar-refractivity contribution < 1.29 is 22.4 Å². The molecule has 2 amide bonds. The molecular formula is C20H22Cl2FN3O4S. The third kappa shape index (κ3) is 6.32. The van der Waals surface area contributed by atoms with Gasteiger partial charge in [-0.2, -0.15) is 0 Å². The number of nitrogens with one attached hydrogen (secondary N) is 1. The van der Waals surface area contributed by atoms with E-state index in [1.54, 1.807) is 18.2 Å². The lowest BCUT2D eigenvalue weighted by Gasteiger charge is -2.31. The molecule has 0 aromatic heterocycles. The Kier molecular flexibility index (Phi) is 8.27. The maximum Gasteiger partial charge on any atom is 0.244 e. The number of carbonyl (C=O) groups is 2. The van der Waals surface area contributed by atoms with Crippen molar-refractivity contribution in [1.82, 2.24) is 10.2 Å². The zero-order valence-electron chi connectivity index (χ0n) is 17.1. The lowest BCUT2D eigenvalue weighted by atomic mass is 10.1. The van der Waals surface area contributed by atoms with Gasteiger partial charge in [0.05, 0.1) is 22.0 Å². The fourth-order valence-electron chi connectivity index (χ4n) is 2.87. The van der Waals surface area contributed by atoms with Gasteiger partial charge in [0.2, 0.25) is 21.8 Å². The maximum atomic E-state index is 14.3. The number of para-hydroxylation sites is 1. The molecule has 2 aromatic carbocycles. The number of amides is 2. The van der Waals surface area contributed by atoms with Crippen molar-refractivity contribution in [1.29, 1.82) is 0 Å². The number of sulfonamides is 1. The fourth-order valence-corrected chi connectivity index (χ4v) is 4.05. The lowest BCUT2D eigenvalue weighted by molar-refractivity contribution is -0.139. The summed E-state index contributed by atoms with van der Waals surface area (Å²) in [6.07, 6.45) is 0.873. The van der Waals surface area contributed by atoms with Crippen LogP contribution < -0.4 is 9.62 Å². The molecule has 0 spiro atoms. The summed E-state index contributed by atoms with van der Waals surface area (Å²) < 4.78 is 39.6. The molecule has 168 valence electrons. The Balaban J connectivity index is 2.41. The summed E-state index contributed by atoms with van der Waals surface area (Å²) in [5, 5.41) is 3.05. The van der Waals surface area contributed by atoms with Crippen LogP contribution in [0.15, 0.2) is 42.5 Å². The molecule has 2 rings (SSSR count). The van der Waals surface area contributed by atoms with Crippen LogP contribution in [0.25, 0.3) is 0 Å². The topological polar surface area (TPSA) is 86.8 Å². The van der Waals surface area contributed by atoms with Gasteiger partial charge in [0.25, 0.3) is 0 Å². The lowest BCUT2D eigenvalue weighted by Crippen LogP contribution is -2.50. The van der Waals surface area contributed by atoms with Crippen LogP contribution in [0.3, 0.4) is 0 Å². The van der Waals surface area contributed by atoms with Crippen LogP contribution in [0.5, 0.6) is 0 Å². The molecule has 0 fully saturated rings. The Morgan fingerprint density at radius 3 is 2.32 bits per heavy atom. The van der Waals surface area contributed by atoms with E-state index in [9.17, 15) is 22.4 Å². The van der Waals surface area contributed by atoms with Crippen molar-refractivity contribution in [3.63, 3.8) is 0 Å². The number of carbonyl (C=O) groups excluding carboxylic acids is 2. The van der Waals surface area contributed by atoms with Crippen LogP contribution >= 0.6 is 23.2 Å². The number of hydrogen-bond acceptors (Lipinski definition) is 4. The highest BCUT2D eigenvalue weighted by Gasteiger charge is 2.30. The standard InChI is InChI=1S/C20H22Cl2FN3O4S/c1-13(20(28)24-2)25(11-14-8-9-15(21)16(22)10-14)19(27)12-26(31(3,29)30)18-7-5-4-6-17(18)23/h4-10,13H,11-12H2,1-3H3,(H,24,28). The molecule has 0 bridgehead atoms. The van der Waals surface area contributed by atoms with E-state index in [4.69, 9.17) is 23.2 Å². The van der Waals surface area contributed by atoms with Crippen molar-refractivity contribution in [3.8, 4) is 0 Å². The minimum atomic E-state index is -4.00. The van der Waals surface area contributed by atoms with E-state index in [0.717, 1.165) is 12.3 Å². The van der Waals surface area contributed by atoms with E-state index in [1.807, 2.05) is 0 Å². The summed E-state index contributed by atoms with van der Waals surface area (Å²) in [6.45, 7) is 0.768. The van der Waals surface area contributed by atoms with Crippen LogP contribution in [0, 0.1) is 5.82 Å². The predicted molar refractivity (Wildman–Crippen MR) is 119 cm³/mol. The fraction of sp³-hybridized carbons (Fsp3) is 0.300. The van der Waals surface area contributed by atoms with Gasteiger partial charge in [0, 0.05) is 13.6 Å². The minimum absolute atomic E-state index is 0.0425. The maximum absolute atomic E-state index is 14.3. The molecule has 1 atom stereocenters. The third-order valence-electron chi connectivity index (χ3n) is 4.55.